The van der Waals surface area contributed by atoms with Gasteiger partial charge in [-0.15, -0.1) is 0 Å². The largest absolute Gasteiger partial charge is 0.309 e. The summed E-state index contributed by atoms with van der Waals surface area (Å²) < 4.78 is 49.4. The number of hydrogen-bond donors (Lipinski definition) is 0. The zero-order valence-electron chi connectivity index (χ0n) is 42.5. The molecule has 0 aliphatic carbocycles. The summed E-state index contributed by atoms with van der Waals surface area (Å²) in [5.41, 5.74) is 12.4. The van der Waals surface area contributed by atoms with Gasteiger partial charge in [-0.3, -0.25) is 0 Å². The predicted octanol–water partition coefficient (Wildman–Crippen LogP) is 16.0. The maximum atomic E-state index is 9.27. The second-order valence-electron chi connectivity index (χ2n) is 21.7. The summed E-state index contributed by atoms with van der Waals surface area (Å²) in [6.45, 7) is 33.9. The monoisotopic (exact) mass is 770 g/mol. The maximum Gasteiger partial charge on any atom is 0.0629 e. The Morgan fingerprint density at radius 3 is 1.38 bits per heavy atom. The number of rotatable bonds is 3. The molecule has 0 fully saturated rings. The van der Waals surface area contributed by atoms with Crippen molar-refractivity contribution in [3.8, 4) is 22.5 Å². The van der Waals surface area contributed by atoms with Crippen molar-refractivity contribution in [1.82, 2.24) is 9.13 Å². The third-order valence-electron chi connectivity index (χ3n) is 12.1. The van der Waals surface area contributed by atoms with Crippen LogP contribution in [0.3, 0.4) is 0 Å². The second kappa shape index (κ2) is 13.2. The third kappa shape index (κ3) is 6.67. The quantitative estimate of drug-likeness (QED) is 0.169. The van der Waals surface area contributed by atoms with E-state index in [0.717, 1.165) is 49.8 Å². The Kier molecular flexibility index (Phi) is 7.71. The van der Waals surface area contributed by atoms with Crippen LogP contribution >= 0.6 is 0 Å². The lowest BCUT2D eigenvalue weighted by molar-refractivity contribution is 0.568. The van der Waals surface area contributed by atoms with Crippen molar-refractivity contribution < 1.29 is 6.85 Å². The van der Waals surface area contributed by atoms with E-state index in [1.165, 1.54) is 33.0 Å². The van der Waals surface area contributed by atoms with E-state index in [2.05, 4.69) is 186 Å². The Bertz CT molecular complexity index is 3050. The highest BCUT2D eigenvalue weighted by Crippen LogP contribution is 2.48. The van der Waals surface area contributed by atoms with Gasteiger partial charge in [0.25, 0.3) is 0 Å². The van der Waals surface area contributed by atoms with Gasteiger partial charge in [0.15, 0.2) is 0 Å². The average molecular weight is 770 g/mol. The minimum absolute atomic E-state index is 0.0431. The van der Waals surface area contributed by atoms with Crippen molar-refractivity contribution in [2.75, 3.05) is 0 Å². The highest BCUT2D eigenvalue weighted by atomic mass is 15.0. The molecule has 0 saturated heterocycles. The number of aromatic nitrogens is 2. The molecule has 298 valence electrons. The number of fused-ring (bicyclic) bond motifs is 6. The summed E-state index contributed by atoms with van der Waals surface area (Å²) in [6.07, 6.45) is 0. The van der Waals surface area contributed by atoms with Crippen molar-refractivity contribution in [3.05, 3.63) is 143 Å². The molecule has 2 aromatic heterocycles. The van der Waals surface area contributed by atoms with Gasteiger partial charge >= 0.3 is 0 Å². The molecule has 2 nitrogen and oxygen atoms in total. The molecule has 0 saturated carbocycles. The van der Waals surface area contributed by atoms with Gasteiger partial charge in [0.05, 0.1) is 34.6 Å². The van der Waals surface area contributed by atoms with E-state index in [1.54, 1.807) is 0 Å². The summed E-state index contributed by atoms with van der Waals surface area (Å²) in [7, 11) is 0. The Hall–Kier alpha value is -5.08. The fourth-order valence-corrected chi connectivity index (χ4v) is 8.78. The molecule has 0 aliphatic rings. The molecule has 0 N–H and O–H groups in total. The topological polar surface area (TPSA) is 9.86 Å². The maximum absolute atomic E-state index is 9.27. The van der Waals surface area contributed by atoms with Crippen LogP contribution in [0.4, 0.5) is 0 Å². The first-order chi connectivity index (χ1) is 29.0. The molecule has 0 atom stereocenters. The van der Waals surface area contributed by atoms with E-state index < -0.39 is 11.5 Å². The first-order valence-electron chi connectivity index (χ1n) is 23.5. The van der Waals surface area contributed by atoms with Crippen LogP contribution in [0.25, 0.3) is 66.1 Å². The van der Waals surface area contributed by atoms with E-state index in [9.17, 15) is 2.74 Å². The third-order valence-corrected chi connectivity index (χ3v) is 12.1. The van der Waals surface area contributed by atoms with Crippen LogP contribution in [0.1, 0.15) is 139 Å². The van der Waals surface area contributed by atoms with Crippen molar-refractivity contribution in [3.63, 3.8) is 0 Å². The lowest BCUT2D eigenvalue weighted by atomic mass is 9.80. The van der Waals surface area contributed by atoms with Gasteiger partial charge < -0.3 is 9.13 Å². The van der Waals surface area contributed by atoms with Gasteiger partial charge in [0, 0.05) is 27.2 Å². The number of benzene rings is 6. The van der Waals surface area contributed by atoms with Crippen LogP contribution in [0, 0.1) is 0 Å². The zero-order valence-corrected chi connectivity index (χ0v) is 37.5. The lowest BCUT2D eigenvalue weighted by Gasteiger charge is -2.27. The van der Waals surface area contributed by atoms with Gasteiger partial charge in [0.1, 0.15) is 0 Å². The standard InChI is InChI=1S/C56H64N2/c1-52(2,3)36-24-26-44-42(33-36)43-34-37(53(4,5)6)25-27-45(43)58(44)48-29-28-47-50(51(48)56(13,14)15)49-41(35-20-17-16-18-21-35)22-19-23-46(49)57(47)40-31-38(54(7,8)9)30-39(32-40)55(10,11)12/h16-34H,1-15H3/i16D,17D,18D,20D,21D. The Morgan fingerprint density at radius 1 is 0.414 bits per heavy atom. The van der Waals surface area contributed by atoms with Crippen molar-refractivity contribution >= 4 is 43.6 Å². The Balaban J connectivity index is 1.63. The fraction of sp³-hybridized carbons (Fsp3) is 0.357. The minimum atomic E-state index is -0.426. The predicted molar refractivity (Wildman–Crippen MR) is 254 cm³/mol. The molecule has 0 bridgehead atoms. The molecule has 0 radical (unpaired) electrons. The first kappa shape index (κ1) is 33.8. The molecule has 8 rings (SSSR count). The molecule has 0 amide bonds. The van der Waals surface area contributed by atoms with Gasteiger partial charge in [-0.1, -0.05) is 164 Å². The van der Waals surface area contributed by atoms with E-state index in [-0.39, 0.29) is 51.4 Å². The minimum Gasteiger partial charge on any atom is -0.309 e. The van der Waals surface area contributed by atoms with Gasteiger partial charge in [-0.25, -0.2) is 0 Å². The van der Waals surface area contributed by atoms with Gasteiger partial charge in [-0.05, 0) is 121 Å². The van der Waals surface area contributed by atoms with Gasteiger partial charge in [0.2, 0.25) is 0 Å². The smallest absolute Gasteiger partial charge is 0.0629 e. The van der Waals surface area contributed by atoms with Crippen LogP contribution in [-0.4, -0.2) is 9.13 Å². The van der Waals surface area contributed by atoms with Gasteiger partial charge in [-0.2, -0.15) is 0 Å². The Morgan fingerprint density at radius 2 is 0.897 bits per heavy atom. The van der Waals surface area contributed by atoms with Crippen molar-refractivity contribution in [1.29, 1.82) is 0 Å². The molecule has 6 aromatic carbocycles. The summed E-state index contributed by atoms with van der Waals surface area (Å²) in [4.78, 5) is 0. The van der Waals surface area contributed by atoms with E-state index in [4.69, 9.17) is 4.11 Å². The molecule has 58 heavy (non-hydrogen) atoms. The zero-order chi connectivity index (χ0) is 46.3. The summed E-state index contributed by atoms with van der Waals surface area (Å²) >= 11 is 0. The molecular weight excluding hydrogens is 701 g/mol. The first-order valence-corrected chi connectivity index (χ1v) is 21.0. The number of hydrogen-bond acceptors (Lipinski definition) is 0. The highest BCUT2D eigenvalue weighted by Gasteiger charge is 2.31. The lowest BCUT2D eigenvalue weighted by Crippen LogP contribution is -2.17. The molecule has 2 heteroatoms. The van der Waals surface area contributed by atoms with Crippen LogP contribution in [-0.2, 0) is 27.1 Å². The van der Waals surface area contributed by atoms with Crippen LogP contribution in [0.5, 0.6) is 0 Å². The van der Waals surface area contributed by atoms with Crippen molar-refractivity contribution in [2.24, 2.45) is 0 Å². The van der Waals surface area contributed by atoms with Crippen LogP contribution in [0.15, 0.2) is 115 Å². The van der Waals surface area contributed by atoms with E-state index in [1.807, 2.05) is 12.1 Å². The second-order valence-corrected chi connectivity index (χ2v) is 21.7. The molecule has 2 heterocycles. The molecule has 0 spiro atoms. The summed E-state index contributed by atoms with van der Waals surface area (Å²) in [6, 6.07) is 29.9. The SMILES string of the molecule is [2H]c1c([2H])c([2H])c(-c2cccc3c2c2c(C(C)(C)C)c(-n4c5ccc(C(C)(C)C)cc5c5cc(C(C)(C)C)ccc54)ccc2n3-c2cc(C(C)(C)C)cc(C(C)(C)C)c2)c([2H])c1[2H]. The molecule has 8 aromatic rings. The normalized spacial score (nSPS) is 14.6. The molecular formula is C56H64N2. The Labute approximate surface area is 354 Å². The summed E-state index contributed by atoms with van der Waals surface area (Å²) in [5.74, 6) is 0. The van der Waals surface area contributed by atoms with Crippen molar-refractivity contribution in [2.45, 2.75) is 131 Å². The summed E-state index contributed by atoms with van der Waals surface area (Å²) in [5, 5.41) is 4.28. The van der Waals surface area contributed by atoms with Crippen LogP contribution < -0.4 is 0 Å². The van der Waals surface area contributed by atoms with Crippen LogP contribution in [0.2, 0.25) is 0 Å². The van der Waals surface area contributed by atoms with E-state index in [0.29, 0.717) is 5.56 Å². The average Bonchev–Trinajstić information content (AvgIpc) is 3.69. The number of nitrogens with zero attached hydrogens (tertiary/aromatic N) is 2. The highest BCUT2D eigenvalue weighted by molar-refractivity contribution is 6.19. The van der Waals surface area contributed by atoms with E-state index >= 15 is 0 Å². The molecule has 0 unspecified atom stereocenters. The fourth-order valence-electron chi connectivity index (χ4n) is 8.78. The molecule has 0 aliphatic heterocycles.